The van der Waals surface area contributed by atoms with Crippen LogP contribution in [0.3, 0.4) is 0 Å². The maximum absolute atomic E-state index is 12.0. The number of carbonyl (C=O) groups excluding carboxylic acids is 1. The Balaban J connectivity index is 1.72. The molecule has 19 heavy (non-hydrogen) atoms. The molecule has 1 aromatic carbocycles. The fourth-order valence-electron chi connectivity index (χ4n) is 2.42. The normalized spacial score (nSPS) is 15.6. The Kier molecular flexibility index (Phi) is 3.31. The van der Waals surface area contributed by atoms with Crippen molar-refractivity contribution < 1.29 is 9.21 Å². The Morgan fingerprint density at radius 2 is 1.95 bits per heavy atom. The fourth-order valence-corrected chi connectivity index (χ4v) is 2.42. The molecule has 1 fully saturated rings. The molecule has 98 valence electrons. The highest BCUT2D eigenvalue weighted by Gasteiger charge is 2.20. The van der Waals surface area contributed by atoms with E-state index >= 15 is 0 Å². The number of hydrogen-bond acceptors (Lipinski definition) is 3. The van der Waals surface area contributed by atoms with Crippen molar-refractivity contribution in [2.45, 2.75) is 31.7 Å². The van der Waals surface area contributed by atoms with Gasteiger partial charge in [-0.15, -0.1) is 0 Å². The average molecular weight is 256 g/mol. The van der Waals surface area contributed by atoms with Gasteiger partial charge in [0.1, 0.15) is 6.26 Å². The molecule has 4 nitrogen and oxygen atoms in total. The molecule has 0 spiro atoms. The minimum absolute atomic E-state index is 0.141. The molecule has 0 radical (unpaired) electrons. The lowest BCUT2D eigenvalue weighted by molar-refractivity contribution is 0.0933. The van der Waals surface area contributed by atoms with Gasteiger partial charge in [-0.2, -0.15) is 0 Å². The van der Waals surface area contributed by atoms with Gasteiger partial charge >= 0.3 is 0 Å². The Morgan fingerprint density at radius 1 is 1.21 bits per heavy atom. The summed E-state index contributed by atoms with van der Waals surface area (Å²) in [6.45, 7) is 0. The van der Waals surface area contributed by atoms with E-state index in [9.17, 15) is 4.79 Å². The van der Waals surface area contributed by atoms with E-state index in [1.165, 1.54) is 19.1 Å². The van der Waals surface area contributed by atoms with E-state index < -0.39 is 0 Å². The van der Waals surface area contributed by atoms with Crippen LogP contribution in [0.1, 0.15) is 36.2 Å². The number of rotatable bonds is 3. The molecule has 0 atom stereocenters. The zero-order chi connectivity index (χ0) is 13.1. The van der Waals surface area contributed by atoms with Crippen LogP contribution in [0.4, 0.5) is 0 Å². The Bertz CT molecular complexity index is 557. The van der Waals surface area contributed by atoms with Crippen LogP contribution >= 0.6 is 0 Å². The molecule has 4 heteroatoms. The highest BCUT2D eigenvalue weighted by molar-refractivity contribution is 5.92. The second kappa shape index (κ2) is 5.26. The Hall–Kier alpha value is -2.10. The van der Waals surface area contributed by atoms with Crippen molar-refractivity contribution >= 4 is 5.91 Å². The quantitative estimate of drug-likeness (QED) is 0.918. The predicted octanol–water partition coefficient (Wildman–Crippen LogP) is 3.01. The van der Waals surface area contributed by atoms with Crippen LogP contribution in [-0.4, -0.2) is 16.9 Å². The van der Waals surface area contributed by atoms with Crippen LogP contribution in [-0.2, 0) is 0 Å². The summed E-state index contributed by atoms with van der Waals surface area (Å²) in [5.41, 5.74) is 1.23. The summed E-state index contributed by atoms with van der Waals surface area (Å²) in [4.78, 5) is 16.3. The first-order valence-electron chi connectivity index (χ1n) is 6.65. The largest absolute Gasteiger partial charge is 0.444 e. The minimum atomic E-state index is -0.141. The number of nitrogens with one attached hydrogen (secondary N) is 1. The zero-order valence-electron chi connectivity index (χ0n) is 10.6. The number of aromatic nitrogens is 1. The maximum atomic E-state index is 12.0. The monoisotopic (exact) mass is 256 g/mol. The third-order valence-electron chi connectivity index (χ3n) is 3.45. The van der Waals surface area contributed by atoms with Crippen LogP contribution < -0.4 is 5.32 Å². The molecule has 1 aromatic heterocycles. The van der Waals surface area contributed by atoms with E-state index in [2.05, 4.69) is 10.3 Å². The van der Waals surface area contributed by atoms with Crippen molar-refractivity contribution in [1.82, 2.24) is 10.3 Å². The van der Waals surface area contributed by atoms with E-state index in [1.54, 1.807) is 0 Å². The second-order valence-electron chi connectivity index (χ2n) is 4.86. The number of benzene rings is 1. The molecule has 1 aliphatic rings. The van der Waals surface area contributed by atoms with E-state index in [4.69, 9.17) is 4.42 Å². The van der Waals surface area contributed by atoms with Crippen LogP contribution in [0.5, 0.6) is 0 Å². The van der Waals surface area contributed by atoms with Crippen molar-refractivity contribution in [3.63, 3.8) is 0 Å². The van der Waals surface area contributed by atoms with Gasteiger partial charge in [-0.25, -0.2) is 4.98 Å². The smallest absolute Gasteiger partial charge is 0.273 e. The summed E-state index contributed by atoms with van der Waals surface area (Å²) >= 11 is 0. The minimum Gasteiger partial charge on any atom is -0.444 e. The molecular formula is C15H16N2O2. The lowest BCUT2D eigenvalue weighted by Crippen LogP contribution is -2.32. The zero-order valence-corrected chi connectivity index (χ0v) is 10.6. The molecule has 0 aliphatic heterocycles. The topological polar surface area (TPSA) is 55.1 Å². The summed E-state index contributed by atoms with van der Waals surface area (Å²) in [6, 6.07) is 9.87. The van der Waals surface area contributed by atoms with E-state index in [0.717, 1.165) is 18.4 Å². The van der Waals surface area contributed by atoms with Gasteiger partial charge in [-0.3, -0.25) is 4.79 Å². The van der Waals surface area contributed by atoms with Crippen molar-refractivity contribution in [2.24, 2.45) is 0 Å². The van der Waals surface area contributed by atoms with Gasteiger partial charge in [0.2, 0.25) is 5.89 Å². The SMILES string of the molecule is O=C(NC1CCCC1)c1coc(-c2ccccc2)n1. The van der Waals surface area contributed by atoms with E-state index in [-0.39, 0.29) is 5.91 Å². The molecule has 0 bridgehead atoms. The lowest BCUT2D eigenvalue weighted by atomic mass is 10.2. The maximum Gasteiger partial charge on any atom is 0.273 e. The molecule has 0 unspecified atom stereocenters. The van der Waals surface area contributed by atoms with E-state index in [1.807, 2.05) is 30.3 Å². The molecule has 3 rings (SSSR count). The summed E-state index contributed by atoms with van der Waals surface area (Å²) in [6.07, 6.45) is 5.94. The van der Waals surface area contributed by atoms with Gasteiger partial charge in [-0.05, 0) is 25.0 Å². The van der Waals surface area contributed by atoms with Gasteiger partial charge < -0.3 is 9.73 Å². The van der Waals surface area contributed by atoms with Crippen molar-refractivity contribution in [3.05, 3.63) is 42.3 Å². The first kappa shape index (κ1) is 12.0. The summed E-state index contributed by atoms with van der Waals surface area (Å²) < 4.78 is 5.36. The first-order chi connectivity index (χ1) is 9.33. The summed E-state index contributed by atoms with van der Waals surface area (Å²) in [5.74, 6) is 0.343. The molecule has 1 saturated carbocycles. The highest BCUT2D eigenvalue weighted by Crippen LogP contribution is 2.20. The third kappa shape index (κ3) is 2.67. The van der Waals surface area contributed by atoms with Gasteiger partial charge in [-0.1, -0.05) is 31.0 Å². The Morgan fingerprint density at radius 3 is 2.68 bits per heavy atom. The number of oxazole rings is 1. The van der Waals surface area contributed by atoms with Crippen molar-refractivity contribution in [1.29, 1.82) is 0 Å². The second-order valence-corrected chi connectivity index (χ2v) is 4.86. The number of amides is 1. The first-order valence-corrected chi connectivity index (χ1v) is 6.65. The summed E-state index contributed by atoms with van der Waals surface area (Å²) in [7, 11) is 0. The molecule has 1 aliphatic carbocycles. The molecule has 1 amide bonds. The summed E-state index contributed by atoms with van der Waals surface area (Å²) in [5, 5.41) is 3.00. The molecule has 1 N–H and O–H groups in total. The number of hydrogen-bond donors (Lipinski definition) is 1. The van der Waals surface area contributed by atoms with Gasteiger partial charge in [0, 0.05) is 11.6 Å². The van der Waals surface area contributed by atoms with Crippen molar-refractivity contribution in [3.8, 4) is 11.5 Å². The molecule has 0 saturated heterocycles. The van der Waals surface area contributed by atoms with Gasteiger partial charge in [0.15, 0.2) is 5.69 Å². The van der Waals surface area contributed by atoms with Crippen LogP contribution in [0.25, 0.3) is 11.5 Å². The average Bonchev–Trinajstić information content (AvgIpc) is 3.10. The molecule has 1 heterocycles. The molecular weight excluding hydrogens is 240 g/mol. The van der Waals surface area contributed by atoms with Crippen molar-refractivity contribution in [2.75, 3.05) is 0 Å². The Labute approximate surface area is 111 Å². The fraction of sp³-hybridized carbons (Fsp3) is 0.333. The van der Waals surface area contributed by atoms with Gasteiger partial charge in [0.05, 0.1) is 0 Å². The molecule has 2 aromatic rings. The van der Waals surface area contributed by atoms with Crippen LogP contribution in [0, 0.1) is 0 Å². The lowest BCUT2D eigenvalue weighted by Gasteiger charge is -2.09. The van der Waals surface area contributed by atoms with Crippen LogP contribution in [0.15, 0.2) is 41.0 Å². The van der Waals surface area contributed by atoms with Gasteiger partial charge in [0.25, 0.3) is 5.91 Å². The number of carbonyl (C=O) groups is 1. The van der Waals surface area contributed by atoms with Crippen LogP contribution in [0.2, 0.25) is 0 Å². The standard InChI is InChI=1S/C15H16N2O2/c18-14(16-12-8-4-5-9-12)13-10-19-15(17-13)11-6-2-1-3-7-11/h1-3,6-7,10,12H,4-5,8-9H2,(H,16,18). The highest BCUT2D eigenvalue weighted by atomic mass is 16.3. The number of nitrogens with zero attached hydrogens (tertiary/aromatic N) is 1. The predicted molar refractivity (Wildman–Crippen MR) is 71.7 cm³/mol. The third-order valence-corrected chi connectivity index (χ3v) is 3.45. The van der Waals surface area contributed by atoms with E-state index in [0.29, 0.717) is 17.6 Å².